The first-order chi connectivity index (χ1) is 12.9. The van der Waals surface area contributed by atoms with Crippen molar-refractivity contribution in [1.82, 2.24) is 9.88 Å². The molecule has 0 N–H and O–H groups in total. The highest BCUT2D eigenvalue weighted by atomic mass is 16.6. The van der Waals surface area contributed by atoms with E-state index < -0.39 is 5.60 Å². The molecule has 1 aliphatic heterocycles. The minimum absolute atomic E-state index is 0.0378. The number of aromatic nitrogens is 1. The van der Waals surface area contributed by atoms with Crippen LogP contribution in [0.2, 0.25) is 0 Å². The fourth-order valence-corrected chi connectivity index (χ4v) is 3.33. The van der Waals surface area contributed by atoms with Crippen LogP contribution >= 0.6 is 0 Å². The molecule has 2 heterocycles. The van der Waals surface area contributed by atoms with Crippen LogP contribution in [0, 0.1) is 0 Å². The van der Waals surface area contributed by atoms with Gasteiger partial charge < -0.3 is 14.4 Å². The third-order valence-corrected chi connectivity index (χ3v) is 4.64. The van der Waals surface area contributed by atoms with Crippen molar-refractivity contribution < 1.29 is 14.3 Å². The quantitative estimate of drug-likeness (QED) is 0.746. The molecule has 0 bridgehead atoms. The summed E-state index contributed by atoms with van der Waals surface area (Å²) < 4.78 is 11.8. The summed E-state index contributed by atoms with van der Waals surface area (Å²) in [6, 6.07) is 8.34. The van der Waals surface area contributed by atoms with Crippen LogP contribution in [0.15, 0.2) is 30.5 Å². The van der Waals surface area contributed by atoms with Crippen LogP contribution in [0.1, 0.15) is 52.5 Å². The summed E-state index contributed by atoms with van der Waals surface area (Å²) in [5.41, 5.74) is 1.67. The van der Waals surface area contributed by atoms with Crippen LogP contribution in [-0.4, -0.2) is 40.8 Å². The van der Waals surface area contributed by atoms with Gasteiger partial charge in [-0.05, 0) is 57.4 Å². The van der Waals surface area contributed by atoms with Gasteiger partial charge in [0.1, 0.15) is 23.0 Å². The van der Waals surface area contributed by atoms with Crippen molar-refractivity contribution in [3.63, 3.8) is 0 Å². The average molecular weight is 370 g/mol. The van der Waals surface area contributed by atoms with Crippen LogP contribution in [0.4, 0.5) is 4.79 Å². The number of carbonyl (C=O) groups excluding carboxylic acids is 1. The molecule has 0 saturated carbocycles. The van der Waals surface area contributed by atoms with Crippen molar-refractivity contribution in [2.45, 2.75) is 65.1 Å². The zero-order valence-electron chi connectivity index (χ0n) is 16.8. The number of carbonyl (C=O) groups is 1. The fourth-order valence-electron chi connectivity index (χ4n) is 3.33. The molecule has 1 aliphatic rings. The van der Waals surface area contributed by atoms with Crippen LogP contribution in [0.5, 0.6) is 5.75 Å². The molecule has 5 nitrogen and oxygen atoms in total. The number of ether oxygens (including phenoxy) is 2. The van der Waals surface area contributed by atoms with Gasteiger partial charge >= 0.3 is 6.09 Å². The summed E-state index contributed by atoms with van der Waals surface area (Å²) in [6.45, 7) is 9.05. The second kappa shape index (κ2) is 8.15. The molecule has 1 amide bonds. The number of likely N-dealkylation sites (tertiary alicyclic amines) is 1. The van der Waals surface area contributed by atoms with Crippen molar-refractivity contribution in [2.24, 2.45) is 0 Å². The Morgan fingerprint density at radius 3 is 2.89 bits per heavy atom. The predicted molar refractivity (Wildman–Crippen MR) is 107 cm³/mol. The summed E-state index contributed by atoms with van der Waals surface area (Å²) in [4.78, 5) is 18.5. The first-order valence-electron chi connectivity index (χ1n) is 9.88. The van der Waals surface area contributed by atoms with E-state index in [1.54, 1.807) is 11.1 Å². The highest BCUT2D eigenvalue weighted by Gasteiger charge is 2.31. The van der Waals surface area contributed by atoms with Gasteiger partial charge in [0.25, 0.3) is 0 Å². The average Bonchev–Trinajstić information content (AvgIpc) is 3.07. The van der Waals surface area contributed by atoms with Crippen LogP contribution in [0.3, 0.4) is 0 Å². The highest BCUT2D eigenvalue weighted by molar-refractivity contribution is 5.85. The first-order valence-corrected chi connectivity index (χ1v) is 9.88. The van der Waals surface area contributed by atoms with E-state index in [1.165, 1.54) is 5.56 Å². The minimum Gasteiger partial charge on any atom is -0.486 e. The summed E-state index contributed by atoms with van der Waals surface area (Å²) in [6.07, 6.45) is 5.63. The molecule has 2 aromatic rings. The Hall–Kier alpha value is -2.30. The number of aryl methyl sites for hydroxylation is 1. The van der Waals surface area contributed by atoms with Gasteiger partial charge in [-0.2, -0.15) is 0 Å². The van der Waals surface area contributed by atoms with E-state index in [9.17, 15) is 4.79 Å². The lowest BCUT2D eigenvalue weighted by Gasteiger charge is -2.24. The van der Waals surface area contributed by atoms with Gasteiger partial charge in [0.2, 0.25) is 0 Å². The SMILES string of the molecule is CCCCc1cc(O[C@H]2CCN(C(=O)OC(C)(C)C)C2)c2ncccc2c1. The molecule has 3 rings (SSSR count). The lowest BCUT2D eigenvalue weighted by atomic mass is 10.0. The van der Waals surface area contributed by atoms with Crippen molar-refractivity contribution in [3.8, 4) is 5.75 Å². The van der Waals surface area contributed by atoms with Crippen molar-refractivity contribution >= 4 is 17.0 Å². The number of hydrogen-bond donors (Lipinski definition) is 0. The Kier molecular flexibility index (Phi) is 5.88. The third kappa shape index (κ3) is 5.12. The first kappa shape index (κ1) is 19.5. The molecule has 1 saturated heterocycles. The van der Waals surface area contributed by atoms with Gasteiger partial charge in [-0.3, -0.25) is 4.98 Å². The molecule has 1 fully saturated rings. The van der Waals surface area contributed by atoms with Crippen LogP contribution in [-0.2, 0) is 11.2 Å². The number of fused-ring (bicyclic) bond motifs is 1. The monoisotopic (exact) mass is 370 g/mol. The fraction of sp³-hybridized carbons (Fsp3) is 0.545. The number of unbranched alkanes of at least 4 members (excludes halogenated alkanes) is 1. The molecule has 1 aromatic heterocycles. The molecule has 27 heavy (non-hydrogen) atoms. The Balaban J connectivity index is 1.73. The molecular formula is C22H30N2O3. The summed E-state index contributed by atoms with van der Waals surface area (Å²) in [7, 11) is 0. The van der Waals surface area contributed by atoms with Crippen LogP contribution in [0.25, 0.3) is 10.9 Å². The number of pyridine rings is 1. The lowest BCUT2D eigenvalue weighted by Crippen LogP contribution is -2.36. The number of hydrogen-bond acceptors (Lipinski definition) is 4. The van der Waals surface area contributed by atoms with Crippen molar-refractivity contribution in [3.05, 3.63) is 36.0 Å². The number of amides is 1. The molecule has 5 heteroatoms. The van der Waals surface area contributed by atoms with Gasteiger partial charge in [-0.25, -0.2) is 4.79 Å². The zero-order valence-corrected chi connectivity index (χ0v) is 16.8. The van der Waals surface area contributed by atoms with Gasteiger partial charge in [0, 0.05) is 24.5 Å². The van der Waals surface area contributed by atoms with Crippen LogP contribution < -0.4 is 4.74 Å². The molecule has 0 aliphatic carbocycles. The lowest BCUT2D eigenvalue weighted by molar-refractivity contribution is 0.0276. The topological polar surface area (TPSA) is 51.7 Å². The molecule has 1 atom stereocenters. The second-order valence-corrected chi connectivity index (χ2v) is 8.23. The number of nitrogens with zero attached hydrogens (tertiary/aromatic N) is 2. The molecule has 0 unspecified atom stereocenters. The van der Waals surface area contributed by atoms with Gasteiger partial charge in [-0.1, -0.05) is 19.4 Å². The van der Waals surface area contributed by atoms with E-state index in [0.717, 1.165) is 42.3 Å². The Labute approximate surface area is 161 Å². The maximum atomic E-state index is 12.3. The van der Waals surface area contributed by atoms with E-state index in [1.807, 2.05) is 26.8 Å². The van der Waals surface area contributed by atoms with E-state index in [0.29, 0.717) is 13.1 Å². The molecule has 1 aromatic carbocycles. The highest BCUT2D eigenvalue weighted by Crippen LogP contribution is 2.29. The second-order valence-electron chi connectivity index (χ2n) is 8.23. The number of benzene rings is 1. The summed E-state index contributed by atoms with van der Waals surface area (Å²) in [5, 5.41) is 1.10. The molecule has 0 spiro atoms. The van der Waals surface area contributed by atoms with Gasteiger partial charge in [0.05, 0.1) is 6.54 Å². The van der Waals surface area contributed by atoms with E-state index >= 15 is 0 Å². The predicted octanol–water partition coefficient (Wildman–Crippen LogP) is 4.97. The smallest absolute Gasteiger partial charge is 0.410 e. The Morgan fingerprint density at radius 1 is 1.33 bits per heavy atom. The van der Waals surface area contributed by atoms with Gasteiger partial charge in [0.15, 0.2) is 0 Å². The maximum absolute atomic E-state index is 12.3. The van der Waals surface area contributed by atoms with E-state index in [2.05, 4.69) is 30.1 Å². The van der Waals surface area contributed by atoms with E-state index in [-0.39, 0.29) is 12.2 Å². The normalized spacial score (nSPS) is 17.3. The van der Waals surface area contributed by atoms with Crippen molar-refractivity contribution in [2.75, 3.05) is 13.1 Å². The molecular weight excluding hydrogens is 340 g/mol. The Morgan fingerprint density at radius 2 is 2.15 bits per heavy atom. The number of rotatable bonds is 5. The largest absolute Gasteiger partial charge is 0.486 e. The van der Waals surface area contributed by atoms with Crippen molar-refractivity contribution in [1.29, 1.82) is 0 Å². The summed E-state index contributed by atoms with van der Waals surface area (Å²) in [5.74, 6) is 0.815. The molecule has 0 radical (unpaired) electrons. The third-order valence-electron chi connectivity index (χ3n) is 4.64. The van der Waals surface area contributed by atoms with Gasteiger partial charge in [-0.15, -0.1) is 0 Å². The standard InChI is InChI=1S/C22H30N2O3/c1-5-6-8-16-13-17-9-7-11-23-20(17)19(14-16)26-18-10-12-24(15-18)21(25)27-22(2,3)4/h7,9,11,13-14,18H,5-6,8,10,12,15H2,1-4H3/t18-/m0/s1. The molecule has 146 valence electrons. The summed E-state index contributed by atoms with van der Waals surface area (Å²) >= 11 is 0. The Bertz CT molecular complexity index is 798. The zero-order chi connectivity index (χ0) is 19.4. The maximum Gasteiger partial charge on any atom is 0.410 e. The minimum atomic E-state index is -0.482. The van der Waals surface area contributed by atoms with E-state index in [4.69, 9.17) is 9.47 Å².